The fraction of sp³-hybridized carbons (Fsp3) is 0.275. The molecule has 0 spiro atoms. The number of ether oxygens (including phenoxy) is 4. The maximum absolute atomic E-state index is 15.8. The molecule has 0 bridgehead atoms. The molecule has 4 atom stereocenters. The monoisotopic (exact) mass is 735 g/mol. The van der Waals surface area contributed by atoms with Crippen molar-refractivity contribution in [3.8, 4) is 17.2 Å². The number of thiocarbonyl (C=S) groups is 1. The number of likely N-dealkylation sites (tertiary alicyclic amines) is 1. The van der Waals surface area contributed by atoms with Crippen LogP contribution in [0, 0.1) is 23.6 Å². The quantitative estimate of drug-likeness (QED) is 0.109. The Morgan fingerprint density at radius 2 is 1.68 bits per heavy atom. The van der Waals surface area contributed by atoms with Crippen LogP contribution in [0.4, 0.5) is 14.9 Å². The molecule has 2 N–H and O–H groups in total. The van der Waals surface area contributed by atoms with Crippen molar-refractivity contribution in [2.24, 2.45) is 17.8 Å². The van der Waals surface area contributed by atoms with Gasteiger partial charge in [0.05, 0.1) is 19.0 Å². The van der Waals surface area contributed by atoms with E-state index in [1.54, 1.807) is 29.3 Å². The average molecular weight is 736 g/mol. The first-order chi connectivity index (χ1) is 25.8. The number of nitrogens with zero attached hydrogens (tertiary/aromatic N) is 3. The van der Waals surface area contributed by atoms with E-state index in [0.29, 0.717) is 35.8 Å². The van der Waals surface area contributed by atoms with Crippen molar-refractivity contribution in [2.75, 3.05) is 25.5 Å². The Morgan fingerprint density at radius 3 is 2.43 bits per heavy atom. The zero-order chi connectivity index (χ0) is 36.7. The van der Waals surface area contributed by atoms with Crippen LogP contribution in [0.1, 0.15) is 24.0 Å². The number of fused-ring (bicyclic) bond motifs is 2. The Balaban J connectivity index is 1.07. The summed E-state index contributed by atoms with van der Waals surface area (Å²) < 4.78 is 40.1. The fourth-order valence-corrected chi connectivity index (χ4v) is 7.32. The topological polar surface area (TPSA) is 124 Å². The molecule has 0 radical (unpaired) electrons. The number of carbonyl (C=O) groups excluding carboxylic acids is 2. The first-order valence-electron chi connectivity index (χ1n) is 17.3. The van der Waals surface area contributed by atoms with E-state index >= 15 is 4.39 Å². The van der Waals surface area contributed by atoms with Gasteiger partial charge < -0.3 is 34.5 Å². The Kier molecular flexibility index (Phi) is 10.9. The van der Waals surface area contributed by atoms with E-state index in [-0.39, 0.29) is 53.6 Å². The Morgan fingerprint density at radius 1 is 0.925 bits per heavy atom. The lowest BCUT2D eigenvalue weighted by Crippen LogP contribution is -2.38. The number of nitrogens with one attached hydrogen (secondary N) is 2. The minimum atomic E-state index is -0.954. The van der Waals surface area contributed by atoms with Gasteiger partial charge in [-0.3, -0.25) is 4.79 Å². The van der Waals surface area contributed by atoms with Crippen molar-refractivity contribution in [1.82, 2.24) is 20.2 Å². The van der Waals surface area contributed by atoms with E-state index < -0.39 is 12.1 Å². The highest BCUT2D eigenvalue weighted by molar-refractivity contribution is 7.80. The van der Waals surface area contributed by atoms with Crippen LogP contribution in [0.5, 0.6) is 17.2 Å². The molecule has 2 amide bonds. The molecule has 1 aliphatic heterocycles. The van der Waals surface area contributed by atoms with Gasteiger partial charge in [0.15, 0.2) is 28.2 Å². The molecule has 7 rings (SSSR count). The van der Waals surface area contributed by atoms with Crippen LogP contribution >= 0.6 is 12.2 Å². The summed E-state index contributed by atoms with van der Waals surface area (Å²) in [5.41, 5.74) is 2.72. The molecule has 1 saturated carbocycles. The lowest BCUT2D eigenvalue weighted by molar-refractivity contribution is -0.119. The molecule has 1 aliphatic carbocycles. The van der Waals surface area contributed by atoms with Gasteiger partial charge >= 0.3 is 6.09 Å². The van der Waals surface area contributed by atoms with Gasteiger partial charge in [-0.05, 0) is 66.2 Å². The third-order valence-electron chi connectivity index (χ3n) is 9.65. The standard InChI is InChI=1S/C40H38FN5O6S/c1-49-35-17-28-20-42-24-43-33(28)19-36(35)52-38(30-14-12-27-21-46(22-31(27)30)40(48)50-23-26-10-6-3-7-11-26)51-34-15-13-29(18-32(34)41)44-39(53)45-37(47)16-25-8-4-2-5-9-25/h2-11,13,15,17-20,24,27,30-31,38H,12,14,16,21-23H2,1H3,(H2,44,45,47,53). The maximum atomic E-state index is 15.8. The summed E-state index contributed by atoms with van der Waals surface area (Å²) in [5, 5.41) is 6.30. The molecule has 2 heterocycles. The predicted molar refractivity (Wildman–Crippen MR) is 200 cm³/mol. The minimum absolute atomic E-state index is 0.0129. The molecule has 4 unspecified atom stereocenters. The van der Waals surface area contributed by atoms with Gasteiger partial charge in [-0.1, -0.05) is 60.7 Å². The molecule has 5 aromatic rings. The van der Waals surface area contributed by atoms with E-state index in [0.717, 1.165) is 29.4 Å². The summed E-state index contributed by atoms with van der Waals surface area (Å²) in [7, 11) is 1.54. The molecule has 4 aromatic carbocycles. The summed E-state index contributed by atoms with van der Waals surface area (Å²) in [5.74, 6) is -0.180. The van der Waals surface area contributed by atoms with Crippen molar-refractivity contribution >= 4 is 45.9 Å². The van der Waals surface area contributed by atoms with Crippen LogP contribution in [-0.4, -0.2) is 58.5 Å². The molecule has 1 saturated heterocycles. The average Bonchev–Trinajstić information content (AvgIpc) is 3.77. The highest BCUT2D eigenvalue weighted by Gasteiger charge is 2.49. The van der Waals surface area contributed by atoms with Gasteiger partial charge in [0, 0.05) is 48.4 Å². The fourth-order valence-electron chi connectivity index (χ4n) is 7.08. The molecule has 1 aromatic heterocycles. The van der Waals surface area contributed by atoms with Crippen molar-refractivity contribution < 1.29 is 32.9 Å². The van der Waals surface area contributed by atoms with Crippen molar-refractivity contribution in [1.29, 1.82) is 0 Å². The highest BCUT2D eigenvalue weighted by atomic mass is 32.1. The molecule has 272 valence electrons. The lowest BCUT2D eigenvalue weighted by Gasteiger charge is -2.30. The number of halogens is 1. The largest absolute Gasteiger partial charge is 0.493 e. The van der Waals surface area contributed by atoms with Crippen LogP contribution in [0.15, 0.2) is 104 Å². The summed E-state index contributed by atoms with van der Waals surface area (Å²) in [6, 6.07) is 26.7. The zero-order valence-electron chi connectivity index (χ0n) is 28.9. The van der Waals surface area contributed by atoms with Crippen molar-refractivity contribution in [3.63, 3.8) is 0 Å². The number of aromatic nitrogens is 2. The molecule has 2 aliphatic rings. The van der Waals surface area contributed by atoms with Crippen LogP contribution < -0.4 is 24.8 Å². The second-order valence-electron chi connectivity index (χ2n) is 13.1. The summed E-state index contributed by atoms with van der Waals surface area (Å²) in [4.78, 5) is 35.8. The van der Waals surface area contributed by atoms with E-state index in [2.05, 4.69) is 20.6 Å². The highest BCUT2D eigenvalue weighted by Crippen LogP contribution is 2.46. The number of hydrogen-bond donors (Lipinski definition) is 2. The van der Waals surface area contributed by atoms with Gasteiger partial charge in [-0.25, -0.2) is 19.2 Å². The zero-order valence-corrected chi connectivity index (χ0v) is 29.8. The first kappa shape index (κ1) is 35.6. The second kappa shape index (κ2) is 16.2. The maximum Gasteiger partial charge on any atom is 0.410 e. The van der Waals surface area contributed by atoms with E-state index in [1.807, 2.05) is 60.7 Å². The summed E-state index contributed by atoms with van der Waals surface area (Å²) >= 11 is 5.32. The number of carbonyl (C=O) groups is 2. The number of hydrogen-bond acceptors (Lipinski definition) is 9. The number of benzene rings is 4. The molecule has 13 heteroatoms. The SMILES string of the molecule is COc1cc2cncnc2cc1OC(Oc1ccc(NC(=S)NC(=O)Cc2ccccc2)cc1F)C1CCC2CN(C(=O)OCc3ccccc3)CC21. The Hall–Kier alpha value is -5.82. The van der Waals surface area contributed by atoms with Crippen molar-refractivity contribution in [2.45, 2.75) is 32.2 Å². The molecular formula is C40H38FN5O6S. The van der Waals surface area contributed by atoms with E-state index in [1.165, 1.54) is 25.6 Å². The minimum Gasteiger partial charge on any atom is -0.493 e. The Labute approximate surface area is 311 Å². The van der Waals surface area contributed by atoms with E-state index in [9.17, 15) is 9.59 Å². The van der Waals surface area contributed by atoms with Crippen LogP contribution in [0.2, 0.25) is 0 Å². The van der Waals surface area contributed by atoms with Gasteiger partial charge in [0.25, 0.3) is 0 Å². The van der Waals surface area contributed by atoms with Crippen LogP contribution in [0.3, 0.4) is 0 Å². The predicted octanol–water partition coefficient (Wildman–Crippen LogP) is 6.91. The number of anilines is 1. The van der Waals surface area contributed by atoms with Gasteiger partial charge in [0.1, 0.15) is 12.9 Å². The second-order valence-corrected chi connectivity index (χ2v) is 13.5. The molecular weight excluding hydrogens is 698 g/mol. The van der Waals surface area contributed by atoms with Crippen molar-refractivity contribution in [3.05, 3.63) is 120 Å². The summed E-state index contributed by atoms with van der Waals surface area (Å²) in [6.45, 7) is 1.19. The smallest absolute Gasteiger partial charge is 0.410 e. The van der Waals surface area contributed by atoms with Crippen LogP contribution in [0.25, 0.3) is 10.9 Å². The number of amides is 2. The van der Waals surface area contributed by atoms with E-state index in [4.69, 9.17) is 31.2 Å². The molecule has 2 fully saturated rings. The summed E-state index contributed by atoms with van der Waals surface area (Å²) in [6.07, 6.45) is 3.52. The van der Waals surface area contributed by atoms with Gasteiger partial charge in [-0.15, -0.1) is 0 Å². The number of rotatable bonds is 11. The normalized spacial score (nSPS) is 18.2. The van der Waals surface area contributed by atoms with Gasteiger partial charge in [0.2, 0.25) is 12.2 Å². The van der Waals surface area contributed by atoms with Gasteiger partial charge in [-0.2, -0.15) is 0 Å². The molecule has 11 nitrogen and oxygen atoms in total. The number of methoxy groups -OCH3 is 1. The first-order valence-corrected chi connectivity index (χ1v) is 17.7. The Bertz CT molecular complexity index is 2090. The third kappa shape index (κ3) is 8.63. The molecule has 53 heavy (non-hydrogen) atoms. The third-order valence-corrected chi connectivity index (χ3v) is 9.86. The van der Waals surface area contributed by atoms with Crippen LogP contribution in [-0.2, 0) is 22.6 Å². The lowest BCUT2D eigenvalue weighted by atomic mass is 9.92.